The molecule has 1 fully saturated rings. The lowest BCUT2D eigenvalue weighted by molar-refractivity contribution is 0.0658. The lowest BCUT2D eigenvalue weighted by atomic mass is 10.2. The first-order chi connectivity index (χ1) is 9.52. The zero-order chi connectivity index (χ0) is 14.7. The Labute approximate surface area is 112 Å². The highest BCUT2D eigenvalue weighted by Gasteiger charge is 2.25. The van der Waals surface area contributed by atoms with Gasteiger partial charge in [-0.1, -0.05) is 12.8 Å². The number of ether oxygens (including phenoxy) is 1. The zero-order valence-corrected chi connectivity index (χ0v) is 10.6. The first-order valence-electron chi connectivity index (χ1n) is 6.39. The predicted octanol–water partition coefficient (Wildman–Crippen LogP) is 3.75. The van der Waals surface area contributed by atoms with E-state index in [0.29, 0.717) is 0 Å². The first kappa shape index (κ1) is 15.0. The van der Waals surface area contributed by atoms with Crippen LogP contribution >= 0.6 is 0 Å². The summed E-state index contributed by atoms with van der Waals surface area (Å²) >= 11 is 0. The number of nitrogens with one attached hydrogen (secondary N) is 1. The molecule has 1 N–H and O–H groups in total. The number of rotatable bonds is 5. The minimum Gasteiger partial charge on any atom is -0.378 e. The fraction of sp³-hybridized carbons (Fsp3) is 0.538. The van der Waals surface area contributed by atoms with Crippen molar-refractivity contribution in [2.75, 3.05) is 18.5 Å². The van der Waals surface area contributed by atoms with Crippen LogP contribution in [-0.4, -0.2) is 19.3 Å². The van der Waals surface area contributed by atoms with Crippen molar-refractivity contribution >= 4 is 5.69 Å². The molecule has 0 saturated heterocycles. The monoisotopic (exact) mass is 295 g/mol. The van der Waals surface area contributed by atoms with E-state index in [2.05, 4.69) is 5.32 Å². The summed E-state index contributed by atoms with van der Waals surface area (Å²) in [5.74, 6) is -9.79. The number of anilines is 1. The van der Waals surface area contributed by atoms with Crippen molar-refractivity contribution in [3.63, 3.8) is 0 Å². The second-order valence-electron chi connectivity index (χ2n) is 4.65. The van der Waals surface area contributed by atoms with Crippen molar-refractivity contribution in [1.29, 1.82) is 0 Å². The molecule has 0 radical (unpaired) electrons. The van der Waals surface area contributed by atoms with Gasteiger partial charge in [0.15, 0.2) is 23.3 Å². The van der Waals surface area contributed by atoms with Gasteiger partial charge in [-0.25, -0.2) is 22.0 Å². The highest BCUT2D eigenvalue weighted by atomic mass is 19.2. The molecule has 0 amide bonds. The molecule has 0 unspecified atom stereocenters. The second kappa shape index (κ2) is 6.39. The summed E-state index contributed by atoms with van der Waals surface area (Å²) in [6, 6.07) is 0. The molecule has 20 heavy (non-hydrogen) atoms. The van der Waals surface area contributed by atoms with Crippen LogP contribution in [0.3, 0.4) is 0 Å². The van der Waals surface area contributed by atoms with Gasteiger partial charge in [0.05, 0.1) is 12.7 Å². The average Bonchev–Trinajstić information content (AvgIpc) is 2.95. The average molecular weight is 295 g/mol. The van der Waals surface area contributed by atoms with Crippen LogP contribution in [0.15, 0.2) is 0 Å². The van der Waals surface area contributed by atoms with Crippen molar-refractivity contribution in [1.82, 2.24) is 0 Å². The van der Waals surface area contributed by atoms with Gasteiger partial charge < -0.3 is 10.1 Å². The molecule has 0 spiro atoms. The van der Waals surface area contributed by atoms with Crippen LogP contribution in [-0.2, 0) is 4.74 Å². The molecule has 1 aromatic carbocycles. The van der Waals surface area contributed by atoms with E-state index in [4.69, 9.17) is 4.74 Å². The van der Waals surface area contributed by atoms with Crippen LogP contribution in [0.1, 0.15) is 25.7 Å². The van der Waals surface area contributed by atoms with Crippen LogP contribution in [0.5, 0.6) is 0 Å². The molecule has 1 aliphatic rings. The summed E-state index contributed by atoms with van der Waals surface area (Å²) in [6.07, 6.45) is 4.14. The fourth-order valence-electron chi connectivity index (χ4n) is 2.22. The molecule has 0 heterocycles. The minimum atomic E-state index is -2.16. The van der Waals surface area contributed by atoms with Crippen LogP contribution in [0.4, 0.5) is 27.6 Å². The largest absolute Gasteiger partial charge is 0.378 e. The van der Waals surface area contributed by atoms with Gasteiger partial charge in [0.25, 0.3) is 0 Å². The van der Waals surface area contributed by atoms with Crippen LogP contribution in [0.2, 0.25) is 0 Å². The van der Waals surface area contributed by atoms with E-state index in [1.165, 1.54) is 0 Å². The molecule has 1 aromatic rings. The maximum absolute atomic E-state index is 13.3. The van der Waals surface area contributed by atoms with Gasteiger partial charge in [0, 0.05) is 6.54 Å². The summed E-state index contributed by atoms with van der Waals surface area (Å²) < 4.78 is 70.7. The Kier molecular flexibility index (Phi) is 4.80. The molecule has 0 aromatic heterocycles. The van der Waals surface area contributed by atoms with E-state index < -0.39 is 34.8 Å². The van der Waals surface area contributed by atoms with Gasteiger partial charge in [0.1, 0.15) is 5.69 Å². The van der Waals surface area contributed by atoms with Crippen LogP contribution < -0.4 is 5.32 Å². The Bertz CT molecular complexity index is 459. The van der Waals surface area contributed by atoms with E-state index in [1.54, 1.807) is 0 Å². The fourth-order valence-corrected chi connectivity index (χ4v) is 2.22. The summed E-state index contributed by atoms with van der Waals surface area (Å²) in [6.45, 7) is 0.110. The molecular weight excluding hydrogens is 281 g/mol. The van der Waals surface area contributed by atoms with Crippen LogP contribution in [0.25, 0.3) is 0 Å². The van der Waals surface area contributed by atoms with Crippen molar-refractivity contribution < 1.29 is 26.7 Å². The van der Waals surface area contributed by atoms with Crippen molar-refractivity contribution in [3.05, 3.63) is 29.1 Å². The Morgan fingerprint density at radius 2 is 1.35 bits per heavy atom. The topological polar surface area (TPSA) is 21.3 Å². The second-order valence-corrected chi connectivity index (χ2v) is 4.65. The van der Waals surface area contributed by atoms with E-state index in [1.807, 2.05) is 0 Å². The molecular formula is C13H14F5NO. The Hall–Kier alpha value is -1.37. The Morgan fingerprint density at radius 3 is 1.90 bits per heavy atom. The molecule has 0 atom stereocenters. The zero-order valence-electron chi connectivity index (χ0n) is 10.6. The summed E-state index contributed by atoms with van der Waals surface area (Å²) in [5.41, 5.74) is -1.02. The number of halogens is 5. The van der Waals surface area contributed by atoms with E-state index in [9.17, 15) is 22.0 Å². The molecule has 112 valence electrons. The molecule has 1 saturated carbocycles. The summed E-state index contributed by atoms with van der Waals surface area (Å²) in [5, 5.41) is 2.19. The predicted molar refractivity (Wildman–Crippen MR) is 62.9 cm³/mol. The SMILES string of the molecule is Fc1c(F)c(F)c(NCCOC2CCCC2)c(F)c1F. The van der Waals surface area contributed by atoms with Crippen molar-refractivity contribution in [3.8, 4) is 0 Å². The van der Waals surface area contributed by atoms with Gasteiger partial charge in [-0.3, -0.25) is 0 Å². The smallest absolute Gasteiger partial charge is 0.200 e. The third-order valence-corrected chi connectivity index (χ3v) is 3.27. The molecule has 1 aliphatic carbocycles. The van der Waals surface area contributed by atoms with Crippen molar-refractivity contribution in [2.24, 2.45) is 0 Å². The van der Waals surface area contributed by atoms with Gasteiger partial charge in [0.2, 0.25) is 5.82 Å². The van der Waals surface area contributed by atoms with Crippen molar-refractivity contribution in [2.45, 2.75) is 31.8 Å². The van der Waals surface area contributed by atoms with E-state index in [-0.39, 0.29) is 19.3 Å². The Balaban J connectivity index is 1.95. The third kappa shape index (κ3) is 3.03. The summed E-state index contributed by atoms with van der Waals surface area (Å²) in [4.78, 5) is 0. The quantitative estimate of drug-likeness (QED) is 0.386. The van der Waals surface area contributed by atoms with Gasteiger partial charge in [-0.15, -0.1) is 0 Å². The normalized spacial score (nSPS) is 15.8. The Morgan fingerprint density at radius 1 is 0.850 bits per heavy atom. The summed E-state index contributed by atoms with van der Waals surface area (Å²) in [7, 11) is 0. The van der Waals surface area contributed by atoms with E-state index >= 15 is 0 Å². The maximum atomic E-state index is 13.3. The van der Waals surface area contributed by atoms with Gasteiger partial charge >= 0.3 is 0 Å². The van der Waals surface area contributed by atoms with E-state index in [0.717, 1.165) is 25.7 Å². The van der Waals surface area contributed by atoms with Gasteiger partial charge in [-0.05, 0) is 12.8 Å². The third-order valence-electron chi connectivity index (χ3n) is 3.27. The molecule has 7 heteroatoms. The maximum Gasteiger partial charge on any atom is 0.200 e. The highest BCUT2D eigenvalue weighted by Crippen LogP contribution is 2.27. The molecule has 2 rings (SSSR count). The number of hydrogen-bond acceptors (Lipinski definition) is 2. The lowest BCUT2D eigenvalue weighted by Crippen LogP contribution is -2.17. The highest BCUT2D eigenvalue weighted by molar-refractivity contribution is 5.47. The lowest BCUT2D eigenvalue weighted by Gasteiger charge is -2.13. The minimum absolute atomic E-state index is 0.0329. The standard InChI is InChI=1S/C13H14F5NO/c14-8-9(15)11(17)13(12(18)10(8)16)19-5-6-20-7-3-1-2-4-7/h7,19H,1-6H2. The number of hydrogen-bond donors (Lipinski definition) is 1. The molecule has 0 bridgehead atoms. The van der Waals surface area contributed by atoms with Crippen LogP contribution in [0, 0.1) is 29.1 Å². The molecule has 0 aliphatic heterocycles. The number of benzene rings is 1. The van der Waals surface area contributed by atoms with Gasteiger partial charge in [-0.2, -0.15) is 0 Å². The first-order valence-corrected chi connectivity index (χ1v) is 6.39. The molecule has 2 nitrogen and oxygen atoms in total.